The van der Waals surface area contributed by atoms with E-state index in [0.29, 0.717) is 13.0 Å². The summed E-state index contributed by atoms with van der Waals surface area (Å²) in [7, 11) is 0. The molecule has 1 aromatic heterocycles. The van der Waals surface area contributed by atoms with Gasteiger partial charge in [-0.15, -0.1) is 0 Å². The number of fused-ring (bicyclic) bond motifs is 1. The fraction of sp³-hybridized carbons (Fsp3) is 0.444. The molecule has 0 radical (unpaired) electrons. The summed E-state index contributed by atoms with van der Waals surface area (Å²) in [6.45, 7) is 2.36. The molecule has 0 amide bonds. The van der Waals surface area contributed by atoms with E-state index in [2.05, 4.69) is 10.6 Å². The Labute approximate surface area is 71.2 Å². The zero-order valence-electron chi connectivity index (χ0n) is 6.79. The molecule has 3 nitrogen and oxygen atoms in total. The van der Waals surface area contributed by atoms with Crippen molar-refractivity contribution >= 4 is 0 Å². The van der Waals surface area contributed by atoms with Crippen LogP contribution < -0.4 is 0 Å². The van der Waals surface area contributed by atoms with Crippen molar-refractivity contribution in [2.75, 3.05) is 6.61 Å². The molecule has 2 heterocycles. The van der Waals surface area contributed by atoms with E-state index in [1.807, 2.05) is 12.3 Å². The van der Waals surface area contributed by atoms with E-state index in [9.17, 15) is 0 Å². The maximum atomic E-state index is 8.54. The predicted octanol–water partition coefficient (Wildman–Crippen LogP) is 1.08. The Kier molecular flexibility index (Phi) is 1.84. The Balaban J connectivity index is 2.33. The zero-order valence-corrected chi connectivity index (χ0v) is 6.79. The van der Waals surface area contributed by atoms with Crippen molar-refractivity contribution in [1.29, 1.82) is 5.26 Å². The van der Waals surface area contributed by atoms with E-state index >= 15 is 0 Å². The number of aromatic nitrogens is 1. The molecule has 0 saturated heterocycles. The quantitative estimate of drug-likeness (QED) is 0.619. The maximum absolute atomic E-state index is 8.54. The lowest BCUT2D eigenvalue weighted by Gasteiger charge is -2.16. The van der Waals surface area contributed by atoms with Crippen LogP contribution in [0.3, 0.4) is 0 Å². The first kappa shape index (κ1) is 7.38. The molecule has 0 aromatic carbocycles. The SMILES string of the molecule is N#CCc1ccn2c1COCC2. The van der Waals surface area contributed by atoms with E-state index < -0.39 is 0 Å². The van der Waals surface area contributed by atoms with E-state index in [1.54, 1.807) is 0 Å². The maximum Gasteiger partial charge on any atom is 0.0871 e. The van der Waals surface area contributed by atoms with Gasteiger partial charge in [0, 0.05) is 18.4 Å². The molecule has 0 aliphatic carbocycles. The molecule has 0 unspecified atom stereocenters. The highest BCUT2D eigenvalue weighted by Gasteiger charge is 2.12. The van der Waals surface area contributed by atoms with Crippen molar-refractivity contribution in [3.05, 3.63) is 23.5 Å². The van der Waals surface area contributed by atoms with Crippen LogP contribution in [0.2, 0.25) is 0 Å². The van der Waals surface area contributed by atoms with E-state index in [4.69, 9.17) is 10.00 Å². The molecule has 0 spiro atoms. The molecule has 1 aliphatic rings. The summed E-state index contributed by atoms with van der Waals surface area (Å²) >= 11 is 0. The molecule has 1 aliphatic heterocycles. The summed E-state index contributed by atoms with van der Waals surface area (Å²) < 4.78 is 7.47. The highest BCUT2D eigenvalue weighted by molar-refractivity contribution is 5.25. The second-order valence-electron chi connectivity index (χ2n) is 2.87. The van der Waals surface area contributed by atoms with Crippen LogP contribution in [0, 0.1) is 11.3 Å². The van der Waals surface area contributed by atoms with Gasteiger partial charge in [0.1, 0.15) is 0 Å². The molecule has 3 heteroatoms. The van der Waals surface area contributed by atoms with Crippen LogP contribution in [-0.4, -0.2) is 11.2 Å². The van der Waals surface area contributed by atoms with Gasteiger partial charge in [-0.2, -0.15) is 5.26 Å². The summed E-state index contributed by atoms with van der Waals surface area (Å²) in [4.78, 5) is 0. The minimum atomic E-state index is 0.492. The summed E-state index contributed by atoms with van der Waals surface area (Å²) in [6.07, 6.45) is 2.52. The Morgan fingerprint density at radius 1 is 1.67 bits per heavy atom. The fourth-order valence-electron chi connectivity index (χ4n) is 1.51. The van der Waals surface area contributed by atoms with E-state index in [1.165, 1.54) is 5.69 Å². The van der Waals surface area contributed by atoms with Crippen molar-refractivity contribution in [2.45, 2.75) is 19.6 Å². The van der Waals surface area contributed by atoms with Gasteiger partial charge in [-0.25, -0.2) is 0 Å². The first-order valence-electron chi connectivity index (χ1n) is 4.03. The topological polar surface area (TPSA) is 38.0 Å². The Hall–Kier alpha value is -1.27. The zero-order chi connectivity index (χ0) is 8.39. The van der Waals surface area contributed by atoms with Gasteiger partial charge < -0.3 is 9.30 Å². The van der Waals surface area contributed by atoms with Crippen molar-refractivity contribution in [3.63, 3.8) is 0 Å². The molecule has 1 aromatic rings. The molecule has 62 valence electrons. The van der Waals surface area contributed by atoms with Crippen molar-refractivity contribution < 1.29 is 4.74 Å². The third kappa shape index (κ3) is 1.10. The third-order valence-corrected chi connectivity index (χ3v) is 2.16. The van der Waals surface area contributed by atoms with Crippen molar-refractivity contribution in [2.24, 2.45) is 0 Å². The standard InChI is InChI=1S/C9H10N2O/c10-3-1-8-2-4-11-5-6-12-7-9(8)11/h2,4H,1,5-7H2. The lowest BCUT2D eigenvalue weighted by atomic mass is 10.2. The number of hydrogen-bond donors (Lipinski definition) is 0. The van der Waals surface area contributed by atoms with Gasteiger partial charge in [-0.1, -0.05) is 0 Å². The molecule has 12 heavy (non-hydrogen) atoms. The Morgan fingerprint density at radius 3 is 3.42 bits per heavy atom. The third-order valence-electron chi connectivity index (χ3n) is 2.16. The van der Waals surface area contributed by atoms with Crippen LogP contribution in [0.5, 0.6) is 0 Å². The highest BCUT2D eigenvalue weighted by atomic mass is 16.5. The fourth-order valence-corrected chi connectivity index (χ4v) is 1.51. The van der Waals surface area contributed by atoms with Gasteiger partial charge in [0.15, 0.2) is 0 Å². The first-order valence-corrected chi connectivity index (χ1v) is 4.03. The van der Waals surface area contributed by atoms with Crippen LogP contribution in [-0.2, 0) is 24.3 Å². The smallest absolute Gasteiger partial charge is 0.0871 e. The van der Waals surface area contributed by atoms with Crippen molar-refractivity contribution in [1.82, 2.24) is 4.57 Å². The van der Waals surface area contributed by atoms with E-state index in [0.717, 1.165) is 18.7 Å². The number of nitriles is 1. The van der Waals surface area contributed by atoms with Gasteiger partial charge in [0.05, 0.1) is 25.7 Å². The Morgan fingerprint density at radius 2 is 2.58 bits per heavy atom. The summed E-state index contributed by atoms with van der Waals surface area (Å²) in [5, 5.41) is 8.54. The molecule has 2 rings (SSSR count). The van der Waals surface area contributed by atoms with Gasteiger partial charge in [0.2, 0.25) is 0 Å². The summed E-state index contributed by atoms with van der Waals surface area (Å²) in [6, 6.07) is 4.16. The summed E-state index contributed by atoms with van der Waals surface area (Å²) in [5.74, 6) is 0. The number of ether oxygens (including phenoxy) is 1. The van der Waals surface area contributed by atoms with Crippen LogP contribution in [0.25, 0.3) is 0 Å². The van der Waals surface area contributed by atoms with Gasteiger partial charge in [-0.05, 0) is 11.6 Å². The average Bonchev–Trinajstić information content (AvgIpc) is 2.50. The van der Waals surface area contributed by atoms with Crippen LogP contribution in [0.1, 0.15) is 11.3 Å². The molecule has 0 fully saturated rings. The highest BCUT2D eigenvalue weighted by Crippen LogP contribution is 2.16. The second-order valence-corrected chi connectivity index (χ2v) is 2.87. The second kappa shape index (κ2) is 3.00. The number of rotatable bonds is 1. The Bertz CT molecular complexity index is 322. The predicted molar refractivity (Wildman–Crippen MR) is 43.4 cm³/mol. The minimum absolute atomic E-state index is 0.492. The van der Waals surface area contributed by atoms with Gasteiger partial charge in [-0.3, -0.25) is 0 Å². The molecule has 0 atom stereocenters. The number of hydrogen-bond acceptors (Lipinski definition) is 2. The molecule has 0 N–H and O–H groups in total. The summed E-state index contributed by atoms with van der Waals surface area (Å²) in [5.41, 5.74) is 2.28. The first-order chi connectivity index (χ1) is 5.92. The monoisotopic (exact) mass is 162 g/mol. The largest absolute Gasteiger partial charge is 0.373 e. The minimum Gasteiger partial charge on any atom is -0.373 e. The lowest BCUT2D eigenvalue weighted by molar-refractivity contribution is 0.0844. The van der Waals surface area contributed by atoms with Gasteiger partial charge in [0.25, 0.3) is 0 Å². The van der Waals surface area contributed by atoms with E-state index in [-0.39, 0.29) is 0 Å². The normalized spacial score (nSPS) is 15.2. The molecular weight excluding hydrogens is 152 g/mol. The van der Waals surface area contributed by atoms with Gasteiger partial charge >= 0.3 is 0 Å². The van der Waals surface area contributed by atoms with Crippen molar-refractivity contribution in [3.8, 4) is 6.07 Å². The van der Waals surface area contributed by atoms with Crippen LogP contribution >= 0.6 is 0 Å². The molecule has 0 bridgehead atoms. The number of nitrogens with zero attached hydrogens (tertiary/aromatic N) is 2. The average molecular weight is 162 g/mol. The lowest BCUT2D eigenvalue weighted by Crippen LogP contribution is -2.16. The van der Waals surface area contributed by atoms with Crippen LogP contribution in [0.15, 0.2) is 12.3 Å². The van der Waals surface area contributed by atoms with Crippen LogP contribution in [0.4, 0.5) is 0 Å². The molecule has 0 saturated carbocycles. The molecular formula is C9H10N2O.